The van der Waals surface area contributed by atoms with Crippen LogP contribution in [0.15, 0.2) is 28.4 Å². The fourth-order valence-corrected chi connectivity index (χ4v) is 2.12. The lowest BCUT2D eigenvalue weighted by molar-refractivity contribution is 0.359. The van der Waals surface area contributed by atoms with Gasteiger partial charge in [-0.2, -0.15) is 0 Å². The molecule has 1 rings (SSSR count). The van der Waals surface area contributed by atoms with Gasteiger partial charge >= 0.3 is 0 Å². The summed E-state index contributed by atoms with van der Waals surface area (Å²) in [6.07, 6.45) is 4.46. The summed E-state index contributed by atoms with van der Waals surface area (Å²) >= 11 is 0. The fraction of sp³-hybridized carbons (Fsp3) is 0.688. The number of hydrogen-bond acceptors (Lipinski definition) is 2. The van der Waals surface area contributed by atoms with Gasteiger partial charge in [-0.15, -0.1) is 0 Å². The van der Waals surface area contributed by atoms with E-state index in [0.29, 0.717) is 0 Å². The van der Waals surface area contributed by atoms with Crippen LogP contribution < -0.4 is 5.32 Å². The van der Waals surface area contributed by atoms with E-state index in [2.05, 4.69) is 72.9 Å². The summed E-state index contributed by atoms with van der Waals surface area (Å²) < 4.78 is 0. The summed E-state index contributed by atoms with van der Waals surface area (Å²) in [4.78, 5) is 4.85. The van der Waals surface area contributed by atoms with Crippen LogP contribution in [-0.2, 0) is 0 Å². The number of nitrogens with one attached hydrogen (secondary N) is 1. The first-order valence-electron chi connectivity index (χ1n) is 6.75. The predicted molar refractivity (Wildman–Crippen MR) is 80.8 cm³/mol. The molecule has 0 amide bonds. The van der Waals surface area contributed by atoms with E-state index in [-0.39, 0.29) is 16.9 Å². The maximum atomic E-state index is 4.85. The summed E-state index contributed by atoms with van der Waals surface area (Å²) in [7, 11) is 0. The second-order valence-corrected chi connectivity index (χ2v) is 7.20. The average Bonchev–Trinajstić information content (AvgIpc) is 2.35. The monoisotopic (exact) mass is 248 g/mol. The molecular formula is C16H28N2. The minimum atomic E-state index is 0.109. The normalized spacial score (nSPS) is 24.2. The first kappa shape index (κ1) is 15.0. The molecule has 0 bridgehead atoms. The lowest BCUT2D eigenvalue weighted by Crippen LogP contribution is -2.29. The van der Waals surface area contributed by atoms with Crippen molar-refractivity contribution in [2.24, 2.45) is 15.8 Å². The Balaban J connectivity index is 3.30. The van der Waals surface area contributed by atoms with E-state index in [0.717, 1.165) is 5.84 Å². The molecule has 1 aliphatic rings. The Labute approximate surface area is 112 Å². The molecule has 1 unspecified atom stereocenters. The molecule has 0 aliphatic carbocycles. The molecule has 0 fully saturated rings. The van der Waals surface area contributed by atoms with Gasteiger partial charge in [-0.3, -0.25) is 4.99 Å². The molecule has 0 spiro atoms. The second-order valence-electron chi connectivity index (χ2n) is 7.20. The van der Waals surface area contributed by atoms with Crippen LogP contribution in [0.3, 0.4) is 0 Å². The van der Waals surface area contributed by atoms with Crippen molar-refractivity contribution in [2.75, 3.05) is 0 Å². The molecule has 1 aliphatic heterocycles. The molecule has 0 radical (unpaired) electrons. The van der Waals surface area contributed by atoms with E-state index in [1.54, 1.807) is 0 Å². The fourth-order valence-electron chi connectivity index (χ4n) is 2.12. The van der Waals surface area contributed by atoms with Gasteiger partial charge in [-0.25, -0.2) is 0 Å². The van der Waals surface area contributed by atoms with Crippen molar-refractivity contribution in [2.45, 2.75) is 61.4 Å². The Kier molecular flexibility index (Phi) is 4.09. The average molecular weight is 248 g/mol. The van der Waals surface area contributed by atoms with Gasteiger partial charge in [-0.1, -0.05) is 47.6 Å². The molecule has 0 aromatic heterocycles. The van der Waals surface area contributed by atoms with Gasteiger partial charge in [0.2, 0.25) is 0 Å². The Hall–Kier alpha value is -1.05. The maximum absolute atomic E-state index is 4.85. The summed E-state index contributed by atoms with van der Waals surface area (Å²) in [6, 6.07) is 0.217. The number of rotatable bonds is 0. The van der Waals surface area contributed by atoms with Crippen LogP contribution in [0.25, 0.3) is 0 Å². The van der Waals surface area contributed by atoms with Gasteiger partial charge in [0.15, 0.2) is 0 Å². The van der Waals surface area contributed by atoms with Crippen molar-refractivity contribution < 1.29 is 0 Å². The zero-order valence-electron chi connectivity index (χ0n) is 13.2. The van der Waals surface area contributed by atoms with Crippen LogP contribution in [-0.4, -0.2) is 11.9 Å². The third-order valence-corrected chi connectivity index (χ3v) is 3.23. The first-order chi connectivity index (χ1) is 8.05. The molecule has 2 nitrogen and oxygen atoms in total. The third kappa shape index (κ3) is 3.47. The number of allylic oxidation sites excluding steroid dienone is 2. The van der Waals surface area contributed by atoms with Crippen molar-refractivity contribution in [1.29, 1.82) is 0 Å². The lowest BCUT2D eigenvalue weighted by Gasteiger charge is -2.28. The molecule has 0 aromatic carbocycles. The molecule has 0 aromatic rings. The number of nitrogens with zero attached hydrogens (tertiary/aromatic N) is 1. The highest BCUT2D eigenvalue weighted by atomic mass is 15.0. The standard InChI is InChI=1S/C16H28N2/c1-9-12-10-13(15(3,4)5)17-11(2)18-14(12)16(6,7)8/h9-10,14H,1-8H3,(H,17,18)/b12-9-. The summed E-state index contributed by atoms with van der Waals surface area (Å²) in [6.45, 7) is 17.6. The van der Waals surface area contributed by atoms with Crippen molar-refractivity contribution in [3.8, 4) is 0 Å². The van der Waals surface area contributed by atoms with Crippen LogP contribution in [0.4, 0.5) is 0 Å². The molecule has 1 atom stereocenters. The van der Waals surface area contributed by atoms with E-state index < -0.39 is 0 Å². The molecule has 1 heterocycles. The summed E-state index contributed by atoms with van der Waals surface area (Å²) in [5.41, 5.74) is 2.78. The summed E-state index contributed by atoms with van der Waals surface area (Å²) in [5.74, 6) is 1.01. The highest BCUT2D eigenvalue weighted by Gasteiger charge is 2.30. The number of amidine groups is 1. The van der Waals surface area contributed by atoms with Gasteiger partial charge < -0.3 is 5.32 Å². The molecule has 0 saturated heterocycles. The van der Waals surface area contributed by atoms with E-state index in [4.69, 9.17) is 4.99 Å². The van der Waals surface area contributed by atoms with Crippen LogP contribution in [0.1, 0.15) is 55.4 Å². The van der Waals surface area contributed by atoms with Gasteiger partial charge in [0.05, 0.1) is 11.9 Å². The molecule has 0 saturated carbocycles. The van der Waals surface area contributed by atoms with Crippen molar-refractivity contribution in [3.05, 3.63) is 23.4 Å². The molecule has 18 heavy (non-hydrogen) atoms. The van der Waals surface area contributed by atoms with Crippen molar-refractivity contribution in [3.63, 3.8) is 0 Å². The zero-order valence-corrected chi connectivity index (χ0v) is 13.2. The molecule has 102 valence electrons. The van der Waals surface area contributed by atoms with E-state index in [1.165, 1.54) is 11.3 Å². The minimum absolute atomic E-state index is 0.109. The van der Waals surface area contributed by atoms with Gasteiger partial charge in [-0.05, 0) is 30.9 Å². The topological polar surface area (TPSA) is 24.4 Å². The Morgan fingerprint density at radius 2 is 1.72 bits per heavy atom. The van der Waals surface area contributed by atoms with Crippen molar-refractivity contribution >= 4 is 5.84 Å². The van der Waals surface area contributed by atoms with Crippen molar-refractivity contribution in [1.82, 2.24) is 5.32 Å². The number of aliphatic imine (C=N–C) groups is 1. The molecule has 1 N–H and O–H groups in total. The lowest BCUT2D eigenvalue weighted by atomic mass is 9.81. The van der Waals surface area contributed by atoms with Gasteiger partial charge in [0, 0.05) is 11.1 Å². The van der Waals surface area contributed by atoms with Gasteiger partial charge in [0.25, 0.3) is 0 Å². The van der Waals surface area contributed by atoms with Crippen LogP contribution in [0.5, 0.6) is 0 Å². The smallest absolute Gasteiger partial charge is 0.0981 e. The largest absolute Gasteiger partial charge is 0.347 e. The highest BCUT2D eigenvalue weighted by molar-refractivity contribution is 5.82. The van der Waals surface area contributed by atoms with Crippen LogP contribution in [0.2, 0.25) is 0 Å². The van der Waals surface area contributed by atoms with E-state index in [1.807, 2.05) is 0 Å². The SMILES string of the molecule is C/C=C1/C=C(C(C)(C)C)NC(C)=NC1C(C)(C)C. The number of hydrogen-bond donors (Lipinski definition) is 1. The van der Waals surface area contributed by atoms with E-state index >= 15 is 0 Å². The van der Waals surface area contributed by atoms with E-state index in [9.17, 15) is 0 Å². The first-order valence-corrected chi connectivity index (χ1v) is 6.75. The van der Waals surface area contributed by atoms with Crippen LogP contribution >= 0.6 is 0 Å². The Morgan fingerprint density at radius 1 is 1.17 bits per heavy atom. The highest BCUT2D eigenvalue weighted by Crippen LogP contribution is 2.33. The minimum Gasteiger partial charge on any atom is -0.347 e. The Morgan fingerprint density at radius 3 is 2.11 bits per heavy atom. The zero-order chi connectivity index (χ0) is 14.1. The Bertz CT molecular complexity index is 398. The predicted octanol–water partition coefficient (Wildman–Crippen LogP) is 4.30. The molecule has 2 heteroatoms. The second kappa shape index (κ2) is 4.91. The quantitative estimate of drug-likeness (QED) is 0.679. The maximum Gasteiger partial charge on any atom is 0.0981 e. The van der Waals surface area contributed by atoms with Crippen LogP contribution in [0, 0.1) is 10.8 Å². The van der Waals surface area contributed by atoms with Gasteiger partial charge in [0.1, 0.15) is 0 Å². The third-order valence-electron chi connectivity index (χ3n) is 3.23. The summed E-state index contributed by atoms with van der Waals surface area (Å²) in [5, 5.41) is 3.46. The molecular weight excluding hydrogens is 220 g/mol.